The molecule has 0 spiro atoms. The van der Waals surface area contributed by atoms with E-state index in [4.69, 9.17) is 4.74 Å². The summed E-state index contributed by atoms with van der Waals surface area (Å²) >= 11 is 0. The minimum Gasteiger partial charge on any atom is -0.379 e. The van der Waals surface area contributed by atoms with Gasteiger partial charge in [-0.2, -0.15) is 0 Å². The SMILES string of the molecule is CN=C(NCC(C)CN1CCOCC1)N1CCN(CC(=O)NC2CC2)CC1.I. The Labute approximate surface area is 186 Å². The number of amides is 1. The lowest BCUT2D eigenvalue weighted by atomic mass is 10.1. The lowest BCUT2D eigenvalue weighted by molar-refractivity contribution is -0.122. The van der Waals surface area contributed by atoms with Crippen molar-refractivity contribution in [3.63, 3.8) is 0 Å². The number of morpholine rings is 1. The average Bonchev–Trinajstić information content (AvgIpc) is 3.48. The summed E-state index contributed by atoms with van der Waals surface area (Å²) in [5.74, 6) is 1.71. The van der Waals surface area contributed by atoms with Gasteiger partial charge in [0, 0.05) is 65.4 Å². The second-order valence-electron chi connectivity index (χ2n) is 8.05. The Morgan fingerprint density at radius 3 is 2.39 bits per heavy atom. The molecule has 1 aliphatic carbocycles. The number of aliphatic imine (C=N–C) groups is 1. The summed E-state index contributed by atoms with van der Waals surface area (Å²) < 4.78 is 5.42. The van der Waals surface area contributed by atoms with E-state index in [-0.39, 0.29) is 29.9 Å². The van der Waals surface area contributed by atoms with E-state index < -0.39 is 0 Å². The van der Waals surface area contributed by atoms with Gasteiger partial charge in [-0.15, -0.1) is 24.0 Å². The van der Waals surface area contributed by atoms with Crippen LogP contribution in [0.2, 0.25) is 0 Å². The number of nitrogens with one attached hydrogen (secondary N) is 2. The summed E-state index contributed by atoms with van der Waals surface area (Å²) in [5, 5.41) is 6.61. The van der Waals surface area contributed by atoms with Crippen molar-refractivity contribution in [2.45, 2.75) is 25.8 Å². The van der Waals surface area contributed by atoms with Crippen molar-refractivity contribution in [3.8, 4) is 0 Å². The fraction of sp³-hybridized carbons (Fsp3) is 0.895. The standard InChI is InChI=1S/C19H36N6O2.HI/c1-16(14-24-9-11-27-12-10-24)13-21-19(20-2)25-7-5-23(6-8-25)15-18(26)22-17-3-4-17;/h16-17H,3-15H2,1-2H3,(H,20,21)(H,22,26);1H. The monoisotopic (exact) mass is 508 g/mol. The van der Waals surface area contributed by atoms with Gasteiger partial charge in [-0.05, 0) is 18.8 Å². The molecule has 0 bridgehead atoms. The normalized spacial score (nSPS) is 23.1. The van der Waals surface area contributed by atoms with E-state index >= 15 is 0 Å². The van der Waals surface area contributed by atoms with Crippen LogP contribution in [0.25, 0.3) is 0 Å². The molecule has 0 aromatic carbocycles. The highest BCUT2D eigenvalue weighted by Crippen LogP contribution is 2.18. The van der Waals surface area contributed by atoms with Gasteiger partial charge in [-0.1, -0.05) is 6.92 Å². The van der Waals surface area contributed by atoms with Crippen molar-refractivity contribution in [3.05, 3.63) is 0 Å². The summed E-state index contributed by atoms with van der Waals surface area (Å²) in [6, 6.07) is 0.446. The number of nitrogens with zero attached hydrogens (tertiary/aromatic N) is 4. The number of piperazine rings is 1. The average molecular weight is 508 g/mol. The summed E-state index contributed by atoms with van der Waals surface area (Å²) in [4.78, 5) is 23.4. The zero-order valence-corrected chi connectivity index (χ0v) is 19.7. The van der Waals surface area contributed by atoms with Crippen molar-refractivity contribution >= 4 is 35.8 Å². The third-order valence-electron chi connectivity index (χ3n) is 5.48. The van der Waals surface area contributed by atoms with E-state index in [9.17, 15) is 4.79 Å². The van der Waals surface area contributed by atoms with Crippen LogP contribution in [-0.2, 0) is 9.53 Å². The molecular formula is C19H37IN6O2. The van der Waals surface area contributed by atoms with E-state index in [1.165, 1.54) is 0 Å². The second kappa shape index (κ2) is 12.1. The molecular weight excluding hydrogens is 471 g/mol. The van der Waals surface area contributed by atoms with Crippen LogP contribution in [0.5, 0.6) is 0 Å². The van der Waals surface area contributed by atoms with Gasteiger partial charge >= 0.3 is 0 Å². The number of halogens is 1. The van der Waals surface area contributed by atoms with Gasteiger partial charge in [0.05, 0.1) is 19.8 Å². The largest absolute Gasteiger partial charge is 0.379 e. The maximum atomic E-state index is 12.0. The Kier molecular flexibility index (Phi) is 10.2. The Bertz CT molecular complexity index is 503. The Morgan fingerprint density at radius 2 is 1.79 bits per heavy atom. The molecule has 3 aliphatic rings. The quantitative estimate of drug-likeness (QED) is 0.288. The molecule has 1 saturated carbocycles. The summed E-state index contributed by atoms with van der Waals surface area (Å²) in [6.07, 6.45) is 2.29. The fourth-order valence-electron chi connectivity index (χ4n) is 3.71. The molecule has 3 rings (SSSR count). The smallest absolute Gasteiger partial charge is 0.234 e. The van der Waals surface area contributed by atoms with Crippen molar-refractivity contribution < 1.29 is 9.53 Å². The molecule has 1 atom stereocenters. The molecule has 28 heavy (non-hydrogen) atoms. The third-order valence-corrected chi connectivity index (χ3v) is 5.48. The minimum atomic E-state index is 0. The van der Waals surface area contributed by atoms with Crippen LogP contribution in [-0.4, -0.2) is 112 Å². The molecule has 2 heterocycles. The van der Waals surface area contributed by atoms with Gasteiger partial charge in [0.1, 0.15) is 0 Å². The lowest BCUT2D eigenvalue weighted by Crippen LogP contribution is -2.54. The molecule has 3 fully saturated rings. The predicted molar refractivity (Wildman–Crippen MR) is 122 cm³/mol. The van der Waals surface area contributed by atoms with Gasteiger partial charge < -0.3 is 20.3 Å². The molecule has 2 N–H and O–H groups in total. The molecule has 0 radical (unpaired) electrons. The minimum absolute atomic E-state index is 0. The van der Waals surface area contributed by atoms with Crippen molar-refractivity contribution in [2.24, 2.45) is 10.9 Å². The van der Waals surface area contributed by atoms with Crippen LogP contribution in [0.1, 0.15) is 19.8 Å². The van der Waals surface area contributed by atoms with Crippen LogP contribution < -0.4 is 10.6 Å². The van der Waals surface area contributed by atoms with Crippen LogP contribution >= 0.6 is 24.0 Å². The number of hydrogen-bond donors (Lipinski definition) is 2. The molecule has 162 valence electrons. The molecule has 0 aromatic rings. The van der Waals surface area contributed by atoms with Gasteiger partial charge in [-0.3, -0.25) is 19.6 Å². The molecule has 1 unspecified atom stereocenters. The van der Waals surface area contributed by atoms with Crippen LogP contribution in [0, 0.1) is 5.92 Å². The van der Waals surface area contributed by atoms with Crippen molar-refractivity contribution in [2.75, 3.05) is 79.2 Å². The number of carbonyl (C=O) groups is 1. The molecule has 9 heteroatoms. The molecule has 2 saturated heterocycles. The van der Waals surface area contributed by atoms with Gasteiger partial charge in [0.15, 0.2) is 5.96 Å². The predicted octanol–water partition coefficient (Wildman–Crippen LogP) is 0.0443. The van der Waals surface area contributed by atoms with Gasteiger partial charge in [0.25, 0.3) is 0 Å². The van der Waals surface area contributed by atoms with Crippen LogP contribution in [0.4, 0.5) is 0 Å². The van der Waals surface area contributed by atoms with Crippen LogP contribution in [0.3, 0.4) is 0 Å². The summed E-state index contributed by atoms with van der Waals surface area (Å²) in [7, 11) is 1.85. The Hall–Kier alpha value is -0.650. The first kappa shape index (κ1) is 23.6. The lowest BCUT2D eigenvalue weighted by Gasteiger charge is -2.36. The van der Waals surface area contributed by atoms with Gasteiger partial charge in [-0.25, -0.2) is 0 Å². The molecule has 8 nitrogen and oxygen atoms in total. The zero-order valence-electron chi connectivity index (χ0n) is 17.4. The zero-order chi connectivity index (χ0) is 19.1. The van der Waals surface area contributed by atoms with E-state index in [0.29, 0.717) is 18.5 Å². The van der Waals surface area contributed by atoms with E-state index in [0.717, 1.165) is 84.4 Å². The number of rotatable bonds is 7. The van der Waals surface area contributed by atoms with Crippen molar-refractivity contribution in [1.82, 2.24) is 25.3 Å². The topological polar surface area (TPSA) is 72.4 Å². The van der Waals surface area contributed by atoms with E-state index in [1.54, 1.807) is 0 Å². The van der Waals surface area contributed by atoms with E-state index in [2.05, 4.69) is 37.2 Å². The summed E-state index contributed by atoms with van der Waals surface area (Å²) in [6.45, 7) is 12.2. The molecule has 1 amide bonds. The Balaban J connectivity index is 0.00000280. The van der Waals surface area contributed by atoms with E-state index in [1.807, 2.05) is 7.05 Å². The highest BCUT2D eigenvalue weighted by molar-refractivity contribution is 14.0. The third kappa shape index (κ3) is 8.00. The first-order valence-corrected chi connectivity index (χ1v) is 10.4. The second-order valence-corrected chi connectivity index (χ2v) is 8.05. The number of hydrogen-bond acceptors (Lipinski definition) is 5. The van der Waals surface area contributed by atoms with Crippen LogP contribution in [0.15, 0.2) is 4.99 Å². The number of ether oxygens (including phenoxy) is 1. The first-order chi connectivity index (χ1) is 13.1. The van der Waals surface area contributed by atoms with Gasteiger partial charge in [0.2, 0.25) is 5.91 Å². The molecule has 0 aromatic heterocycles. The molecule has 2 aliphatic heterocycles. The maximum absolute atomic E-state index is 12.0. The highest BCUT2D eigenvalue weighted by atomic mass is 127. The maximum Gasteiger partial charge on any atom is 0.234 e. The first-order valence-electron chi connectivity index (χ1n) is 10.4. The number of carbonyl (C=O) groups excluding carboxylic acids is 1. The highest BCUT2D eigenvalue weighted by Gasteiger charge is 2.26. The Morgan fingerprint density at radius 1 is 1.11 bits per heavy atom. The fourth-order valence-corrected chi connectivity index (χ4v) is 3.71. The number of guanidine groups is 1. The van der Waals surface area contributed by atoms with Crippen molar-refractivity contribution in [1.29, 1.82) is 0 Å². The summed E-state index contributed by atoms with van der Waals surface area (Å²) in [5.41, 5.74) is 0.